The topological polar surface area (TPSA) is 91.1 Å². The van der Waals surface area contributed by atoms with E-state index in [2.05, 4.69) is 6.58 Å². The van der Waals surface area contributed by atoms with E-state index in [1.54, 1.807) is 0 Å². The Bertz CT molecular complexity index is 734. The monoisotopic (exact) mass is 309 g/mol. The maximum absolute atomic E-state index is 12.6. The van der Waals surface area contributed by atoms with Crippen molar-refractivity contribution in [1.82, 2.24) is 13.7 Å². The minimum absolute atomic E-state index is 0.0487. The first-order chi connectivity index (χ1) is 10.3. The van der Waals surface area contributed by atoms with Crippen molar-refractivity contribution in [2.24, 2.45) is 0 Å². The van der Waals surface area contributed by atoms with Crippen molar-refractivity contribution in [2.45, 2.75) is 44.7 Å². The first-order valence-electron chi connectivity index (χ1n) is 7.12. The molecule has 0 amide bonds. The average Bonchev–Trinajstić information content (AvgIpc) is 3.37. The Kier molecular flexibility index (Phi) is 3.26. The van der Waals surface area contributed by atoms with Crippen molar-refractivity contribution in [3.8, 4) is 0 Å². The third kappa shape index (κ3) is 2.59. The van der Waals surface area contributed by atoms with Crippen molar-refractivity contribution in [1.29, 1.82) is 0 Å². The molecule has 2 saturated heterocycles. The Balaban J connectivity index is 2.15. The van der Waals surface area contributed by atoms with Crippen molar-refractivity contribution in [2.75, 3.05) is 13.2 Å². The fraction of sp³-hybridized carbons (Fsp3) is 0.643. The molecule has 0 bridgehead atoms. The summed E-state index contributed by atoms with van der Waals surface area (Å²) in [6, 6.07) is 0. The highest BCUT2D eigenvalue weighted by atomic mass is 16.6. The van der Waals surface area contributed by atoms with Gasteiger partial charge in [-0.1, -0.05) is 6.08 Å². The molecule has 0 N–H and O–H groups in total. The van der Waals surface area contributed by atoms with Gasteiger partial charge in [-0.25, -0.2) is 28.1 Å². The molecule has 22 heavy (non-hydrogen) atoms. The maximum atomic E-state index is 12.6. The summed E-state index contributed by atoms with van der Waals surface area (Å²) < 4.78 is 13.6. The Morgan fingerprint density at radius 1 is 0.955 bits per heavy atom. The third-order valence-corrected chi connectivity index (χ3v) is 3.96. The predicted molar refractivity (Wildman–Crippen MR) is 78.1 cm³/mol. The van der Waals surface area contributed by atoms with E-state index in [9.17, 15) is 14.4 Å². The smallest absolute Gasteiger partial charge is 0.336 e. The lowest BCUT2D eigenvalue weighted by Crippen LogP contribution is -2.56. The first-order valence-corrected chi connectivity index (χ1v) is 7.12. The van der Waals surface area contributed by atoms with Gasteiger partial charge < -0.3 is 9.47 Å². The van der Waals surface area contributed by atoms with E-state index in [0.717, 1.165) is 13.7 Å². The van der Waals surface area contributed by atoms with Crippen molar-refractivity contribution < 1.29 is 9.47 Å². The van der Waals surface area contributed by atoms with Gasteiger partial charge in [0.05, 0.1) is 32.8 Å². The molecule has 8 nitrogen and oxygen atoms in total. The van der Waals surface area contributed by atoms with Crippen LogP contribution in [0.1, 0.15) is 13.8 Å². The number of aromatic nitrogens is 3. The lowest BCUT2D eigenvalue weighted by molar-refractivity contribution is 0.262. The normalized spacial score (nSPS) is 29.4. The molecule has 8 heteroatoms. The highest BCUT2D eigenvalue weighted by Gasteiger charge is 2.43. The van der Waals surface area contributed by atoms with E-state index >= 15 is 0 Å². The Labute approximate surface area is 126 Å². The SMILES string of the molecule is C=CCn1c(=O)n(CC2(C)CO2)c(=O)n(CC2(C)CO2)c1=O. The Morgan fingerprint density at radius 3 is 1.64 bits per heavy atom. The van der Waals surface area contributed by atoms with Gasteiger partial charge in [-0.2, -0.15) is 0 Å². The van der Waals surface area contributed by atoms with Gasteiger partial charge in [0.15, 0.2) is 0 Å². The summed E-state index contributed by atoms with van der Waals surface area (Å²) in [5, 5.41) is 0. The van der Waals surface area contributed by atoms with Crippen LogP contribution in [0.2, 0.25) is 0 Å². The molecule has 2 aliphatic rings. The van der Waals surface area contributed by atoms with E-state index in [1.165, 1.54) is 6.08 Å². The predicted octanol–water partition coefficient (Wildman–Crippen LogP) is -1.06. The second-order valence-corrected chi connectivity index (χ2v) is 6.40. The molecule has 0 aromatic carbocycles. The minimum Gasteiger partial charge on any atom is -0.368 e. The van der Waals surface area contributed by atoms with Crippen LogP contribution in [0.5, 0.6) is 0 Å². The zero-order valence-electron chi connectivity index (χ0n) is 12.7. The second-order valence-electron chi connectivity index (χ2n) is 6.40. The summed E-state index contributed by atoms with van der Waals surface area (Å²) in [6.07, 6.45) is 1.45. The molecule has 1 aromatic heterocycles. The molecular formula is C14H19N3O5. The molecule has 2 unspecified atom stereocenters. The van der Waals surface area contributed by atoms with Crippen LogP contribution in [-0.2, 0) is 29.1 Å². The van der Waals surface area contributed by atoms with Crippen LogP contribution >= 0.6 is 0 Å². The second kappa shape index (κ2) is 4.79. The Morgan fingerprint density at radius 2 is 1.32 bits per heavy atom. The number of nitrogens with zero attached hydrogens (tertiary/aromatic N) is 3. The molecular weight excluding hydrogens is 290 g/mol. The van der Waals surface area contributed by atoms with Gasteiger partial charge in [0, 0.05) is 0 Å². The average molecular weight is 309 g/mol. The lowest BCUT2D eigenvalue weighted by atomic mass is 10.2. The van der Waals surface area contributed by atoms with Crippen molar-refractivity contribution >= 4 is 0 Å². The van der Waals surface area contributed by atoms with Crippen LogP contribution in [0.25, 0.3) is 0 Å². The van der Waals surface area contributed by atoms with Crippen LogP contribution in [-0.4, -0.2) is 38.1 Å². The standard InChI is InChI=1S/C14H19N3O5/c1-4-5-15-10(18)16(6-13(2)8-21-13)12(20)17(11(15)19)7-14(3)9-22-14/h4H,1,5-9H2,2-3H3. The number of epoxide rings is 2. The molecule has 0 spiro atoms. The van der Waals surface area contributed by atoms with Crippen molar-refractivity contribution in [3.05, 3.63) is 44.1 Å². The summed E-state index contributed by atoms with van der Waals surface area (Å²) >= 11 is 0. The molecule has 0 aliphatic carbocycles. The van der Waals surface area contributed by atoms with Gasteiger partial charge in [-0.05, 0) is 13.8 Å². The summed E-state index contributed by atoms with van der Waals surface area (Å²) in [7, 11) is 0. The molecule has 2 aliphatic heterocycles. The largest absolute Gasteiger partial charge is 0.368 e. The minimum atomic E-state index is -0.634. The molecule has 0 radical (unpaired) electrons. The van der Waals surface area contributed by atoms with E-state index in [4.69, 9.17) is 9.47 Å². The molecule has 0 saturated carbocycles. The molecule has 1 aromatic rings. The highest BCUT2D eigenvalue weighted by molar-refractivity contribution is 4.93. The quantitative estimate of drug-likeness (QED) is 0.493. The molecule has 3 heterocycles. The number of hydrogen-bond acceptors (Lipinski definition) is 5. The highest BCUT2D eigenvalue weighted by Crippen LogP contribution is 2.27. The number of hydrogen-bond donors (Lipinski definition) is 0. The van der Waals surface area contributed by atoms with Crippen LogP contribution in [0.4, 0.5) is 0 Å². The van der Waals surface area contributed by atoms with Crippen LogP contribution in [0.3, 0.4) is 0 Å². The zero-order valence-corrected chi connectivity index (χ0v) is 12.7. The van der Waals surface area contributed by atoms with Crippen molar-refractivity contribution in [3.63, 3.8) is 0 Å². The van der Waals surface area contributed by atoms with E-state index in [-0.39, 0.29) is 19.6 Å². The summed E-state index contributed by atoms with van der Waals surface area (Å²) in [5.41, 5.74) is -2.92. The fourth-order valence-electron chi connectivity index (χ4n) is 2.34. The van der Waals surface area contributed by atoms with Crippen LogP contribution in [0, 0.1) is 0 Å². The number of ether oxygens (including phenoxy) is 2. The van der Waals surface area contributed by atoms with Gasteiger partial charge in [-0.3, -0.25) is 0 Å². The summed E-state index contributed by atoms with van der Waals surface area (Å²) in [5.74, 6) is 0. The summed E-state index contributed by atoms with van der Waals surface area (Å²) in [6.45, 7) is 8.45. The molecule has 120 valence electrons. The number of allylic oxidation sites excluding steroid dienone is 1. The zero-order chi connectivity index (χ0) is 16.1. The van der Waals surface area contributed by atoms with E-state index in [0.29, 0.717) is 13.2 Å². The first kappa shape index (κ1) is 15.0. The van der Waals surface area contributed by atoms with Crippen LogP contribution in [0.15, 0.2) is 27.0 Å². The van der Waals surface area contributed by atoms with Gasteiger partial charge in [0.2, 0.25) is 0 Å². The lowest BCUT2D eigenvalue weighted by Gasteiger charge is -2.15. The Hall–Kier alpha value is -1.93. The fourth-order valence-corrected chi connectivity index (χ4v) is 2.34. The van der Waals surface area contributed by atoms with Gasteiger partial charge in [0.25, 0.3) is 0 Å². The molecule has 2 fully saturated rings. The van der Waals surface area contributed by atoms with Crippen LogP contribution < -0.4 is 17.1 Å². The maximum Gasteiger partial charge on any atom is 0.336 e. The molecule has 2 atom stereocenters. The van der Waals surface area contributed by atoms with E-state index < -0.39 is 28.3 Å². The number of rotatable bonds is 6. The third-order valence-electron chi connectivity index (χ3n) is 3.96. The molecule has 3 rings (SSSR count). The van der Waals surface area contributed by atoms with E-state index in [1.807, 2.05) is 13.8 Å². The van der Waals surface area contributed by atoms with Gasteiger partial charge >= 0.3 is 17.1 Å². The van der Waals surface area contributed by atoms with Gasteiger partial charge in [-0.15, -0.1) is 6.58 Å². The summed E-state index contributed by atoms with van der Waals surface area (Å²) in [4.78, 5) is 37.4. The van der Waals surface area contributed by atoms with Gasteiger partial charge in [0.1, 0.15) is 11.2 Å².